The monoisotopic (exact) mass is 295 g/mol. The van der Waals surface area contributed by atoms with Gasteiger partial charge < -0.3 is 14.6 Å². The van der Waals surface area contributed by atoms with Crippen molar-refractivity contribution in [2.45, 2.75) is 52.5 Å². The Kier molecular flexibility index (Phi) is 7.72. The lowest BCUT2D eigenvalue weighted by Crippen LogP contribution is -2.39. The predicted molar refractivity (Wildman–Crippen MR) is 85.6 cm³/mol. The van der Waals surface area contributed by atoms with Gasteiger partial charge in [0.2, 0.25) is 0 Å². The molecule has 0 radical (unpaired) electrons. The molecule has 1 aromatic carbocycles. The number of benzene rings is 1. The van der Waals surface area contributed by atoms with Crippen molar-refractivity contribution >= 4 is 0 Å². The molecule has 0 aliphatic carbocycles. The molecule has 1 N–H and O–H groups in total. The number of aliphatic hydroxyl groups is 1. The van der Waals surface area contributed by atoms with Crippen LogP contribution in [0.25, 0.3) is 0 Å². The number of hydrogen-bond donors (Lipinski definition) is 1. The molecule has 0 amide bonds. The molecule has 0 aliphatic heterocycles. The zero-order chi connectivity index (χ0) is 15.8. The number of nitrogens with zero attached hydrogens (tertiary/aromatic N) is 1. The summed E-state index contributed by atoms with van der Waals surface area (Å²) in [6.07, 6.45) is -0.328. The molecule has 0 aromatic heterocycles. The van der Waals surface area contributed by atoms with E-state index in [-0.39, 0.29) is 6.10 Å². The Hall–Kier alpha value is -1.10. The maximum Gasteiger partial charge on any atom is 0.119 e. The average Bonchev–Trinajstić information content (AvgIpc) is 2.44. The van der Waals surface area contributed by atoms with Crippen LogP contribution in [0.4, 0.5) is 0 Å². The highest BCUT2D eigenvalue weighted by Crippen LogP contribution is 2.16. The summed E-state index contributed by atoms with van der Waals surface area (Å²) in [7, 11) is 1.67. The van der Waals surface area contributed by atoms with Crippen LogP contribution in [0.1, 0.15) is 33.3 Å². The van der Waals surface area contributed by atoms with Crippen LogP contribution < -0.4 is 4.74 Å². The minimum atomic E-state index is -0.472. The molecule has 21 heavy (non-hydrogen) atoms. The van der Waals surface area contributed by atoms with Gasteiger partial charge in [-0.05, 0) is 45.4 Å². The van der Waals surface area contributed by atoms with Gasteiger partial charge in [-0.2, -0.15) is 0 Å². The molecule has 0 bridgehead atoms. The predicted octanol–water partition coefficient (Wildman–Crippen LogP) is 2.69. The lowest BCUT2D eigenvalue weighted by Gasteiger charge is -2.29. The Morgan fingerprint density at radius 1 is 1.19 bits per heavy atom. The number of methoxy groups -OCH3 is 1. The number of hydrogen-bond acceptors (Lipinski definition) is 4. The molecular weight excluding hydrogens is 266 g/mol. The summed E-state index contributed by atoms with van der Waals surface area (Å²) in [6, 6.07) is 8.39. The van der Waals surface area contributed by atoms with Crippen LogP contribution in [-0.4, -0.2) is 48.5 Å². The van der Waals surface area contributed by atoms with Crippen LogP contribution in [-0.2, 0) is 11.3 Å². The normalized spacial score (nSPS) is 13.2. The first-order valence-electron chi connectivity index (χ1n) is 7.59. The number of ether oxygens (including phenoxy) is 2. The molecule has 1 rings (SSSR count). The standard InChI is InChI=1S/C17H29NO3/c1-13(2)18(11-16(19)12-21-14(3)4)10-15-7-6-8-17(9-15)20-5/h6-9,13-14,16,19H,10-12H2,1-5H3/t16-/m0/s1. The van der Waals surface area contributed by atoms with Crippen molar-refractivity contribution in [3.05, 3.63) is 29.8 Å². The zero-order valence-electron chi connectivity index (χ0n) is 13.9. The van der Waals surface area contributed by atoms with Crippen molar-refractivity contribution in [3.63, 3.8) is 0 Å². The quantitative estimate of drug-likeness (QED) is 0.760. The van der Waals surface area contributed by atoms with E-state index in [1.54, 1.807) is 7.11 Å². The molecule has 0 fully saturated rings. The minimum Gasteiger partial charge on any atom is -0.497 e. The van der Waals surface area contributed by atoms with Gasteiger partial charge in [-0.25, -0.2) is 0 Å². The summed E-state index contributed by atoms with van der Waals surface area (Å²) in [4.78, 5) is 2.24. The molecule has 0 saturated carbocycles. The molecule has 1 aromatic rings. The van der Waals surface area contributed by atoms with Gasteiger partial charge in [-0.3, -0.25) is 4.90 Å². The van der Waals surface area contributed by atoms with Crippen LogP contribution >= 0.6 is 0 Å². The largest absolute Gasteiger partial charge is 0.497 e. The molecule has 0 aliphatic rings. The maximum atomic E-state index is 10.1. The molecular formula is C17H29NO3. The van der Waals surface area contributed by atoms with Crippen molar-refractivity contribution in [2.75, 3.05) is 20.3 Å². The van der Waals surface area contributed by atoms with E-state index in [0.717, 1.165) is 12.3 Å². The highest BCUT2D eigenvalue weighted by molar-refractivity contribution is 5.28. The van der Waals surface area contributed by atoms with Gasteiger partial charge in [0, 0.05) is 19.1 Å². The van der Waals surface area contributed by atoms with Crippen molar-refractivity contribution in [1.82, 2.24) is 4.90 Å². The summed E-state index contributed by atoms with van der Waals surface area (Å²) in [5.74, 6) is 0.861. The Morgan fingerprint density at radius 2 is 1.90 bits per heavy atom. The second-order valence-corrected chi connectivity index (χ2v) is 5.91. The molecule has 0 spiro atoms. The molecule has 4 heteroatoms. The molecule has 4 nitrogen and oxygen atoms in total. The van der Waals surface area contributed by atoms with E-state index in [4.69, 9.17) is 9.47 Å². The fourth-order valence-corrected chi connectivity index (χ4v) is 2.09. The van der Waals surface area contributed by atoms with E-state index in [1.165, 1.54) is 5.56 Å². The van der Waals surface area contributed by atoms with Crippen molar-refractivity contribution in [2.24, 2.45) is 0 Å². The van der Waals surface area contributed by atoms with Crippen LogP contribution in [0.5, 0.6) is 5.75 Å². The molecule has 1 atom stereocenters. The highest BCUT2D eigenvalue weighted by Gasteiger charge is 2.16. The van der Waals surface area contributed by atoms with Crippen LogP contribution in [0.15, 0.2) is 24.3 Å². The van der Waals surface area contributed by atoms with Crippen molar-refractivity contribution in [1.29, 1.82) is 0 Å². The van der Waals surface area contributed by atoms with E-state index >= 15 is 0 Å². The topological polar surface area (TPSA) is 41.9 Å². The Balaban J connectivity index is 2.60. The average molecular weight is 295 g/mol. The van der Waals surface area contributed by atoms with Gasteiger partial charge in [-0.1, -0.05) is 12.1 Å². The van der Waals surface area contributed by atoms with Gasteiger partial charge in [0.15, 0.2) is 0 Å². The maximum absolute atomic E-state index is 10.1. The Bertz CT molecular complexity index is 407. The first-order valence-corrected chi connectivity index (χ1v) is 7.59. The lowest BCUT2D eigenvalue weighted by molar-refractivity contribution is -0.0136. The van der Waals surface area contributed by atoms with Crippen LogP contribution in [0.3, 0.4) is 0 Å². The second-order valence-electron chi connectivity index (χ2n) is 5.91. The third-order valence-electron chi connectivity index (χ3n) is 3.32. The third-order valence-corrected chi connectivity index (χ3v) is 3.32. The SMILES string of the molecule is COc1cccc(CN(C[C@H](O)COC(C)C)C(C)C)c1. The van der Waals surface area contributed by atoms with Crippen LogP contribution in [0, 0.1) is 0 Å². The van der Waals surface area contributed by atoms with E-state index in [2.05, 4.69) is 24.8 Å². The first-order chi connectivity index (χ1) is 9.92. The van der Waals surface area contributed by atoms with E-state index in [0.29, 0.717) is 19.2 Å². The van der Waals surface area contributed by atoms with E-state index < -0.39 is 6.10 Å². The fraction of sp³-hybridized carbons (Fsp3) is 0.647. The van der Waals surface area contributed by atoms with Crippen molar-refractivity contribution < 1.29 is 14.6 Å². The number of aliphatic hydroxyl groups excluding tert-OH is 1. The van der Waals surface area contributed by atoms with Gasteiger partial charge in [0.1, 0.15) is 5.75 Å². The Morgan fingerprint density at radius 3 is 2.48 bits per heavy atom. The first kappa shape index (κ1) is 18.0. The van der Waals surface area contributed by atoms with Gasteiger partial charge in [0.05, 0.1) is 25.9 Å². The summed E-state index contributed by atoms with van der Waals surface area (Å²) in [5.41, 5.74) is 1.18. The second kappa shape index (κ2) is 9.03. The number of rotatable bonds is 9. The van der Waals surface area contributed by atoms with Crippen molar-refractivity contribution in [3.8, 4) is 5.75 Å². The Labute approximate surface area is 128 Å². The summed E-state index contributed by atoms with van der Waals surface area (Å²) in [6.45, 7) is 9.98. The van der Waals surface area contributed by atoms with Gasteiger partial charge in [-0.15, -0.1) is 0 Å². The van der Waals surface area contributed by atoms with Crippen LogP contribution in [0.2, 0.25) is 0 Å². The zero-order valence-corrected chi connectivity index (χ0v) is 13.9. The van der Waals surface area contributed by atoms with Gasteiger partial charge in [0.25, 0.3) is 0 Å². The van der Waals surface area contributed by atoms with E-state index in [1.807, 2.05) is 32.0 Å². The van der Waals surface area contributed by atoms with E-state index in [9.17, 15) is 5.11 Å². The minimum absolute atomic E-state index is 0.144. The molecule has 0 heterocycles. The smallest absolute Gasteiger partial charge is 0.119 e. The summed E-state index contributed by atoms with van der Waals surface area (Å²) >= 11 is 0. The lowest BCUT2D eigenvalue weighted by atomic mass is 10.1. The molecule has 0 unspecified atom stereocenters. The molecule has 120 valence electrons. The molecule has 0 saturated heterocycles. The van der Waals surface area contributed by atoms with Gasteiger partial charge >= 0.3 is 0 Å². The highest BCUT2D eigenvalue weighted by atomic mass is 16.5. The summed E-state index contributed by atoms with van der Waals surface area (Å²) < 4.78 is 10.7. The summed E-state index contributed by atoms with van der Waals surface area (Å²) in [5, 5.41) is 10.1. The fourth-order valence-electron chi connectivity index (χ4n) is 2.09. The third kappa shape index (κ3) is 6.93.